The molecule has 1 atom stereocenters. The molecule has 2 aromatic carbocycles. The van der Waals surface area contributed by atoms with Crippen molar-refractivity contribution in [2.45, 2.75) is 32.4 Å². The molecule has 3 amide bonds. The van der Waals surface area contributed by atoms with Gasteiger partial charge in [0.25, 0.3) is 0 Å². The van der Waals surface area contributed by atoms with Crippen LogP contribution in [0.15, 0.2) is 42.5 Å². The summed E-state index contributed by atoms with van der Waals surface area (Å²) in [5, 5.41) is 9.63. The van der Waals surface area contributed by atoms with Gasteiger partial charge in [-0.1, -0.05) is 41.4 Å². The van der Waals surface area contributed by atoms with Crippen LogP contribution >= 0.6 is 23.2 Å². The minimum atomic E-state index is -0.305. The van der Waals surface area contributed by atoms with E-state index in [1.165, 1.54) is 0 Å². The lowest BCUT2D eigenvalue weighted by Crippen LogP contribution is -2.36. The van der Waals surface area contributed by atoms with E-state index in [-0.39, 0.29) is 23.9 Å². The fourth-order valence-corrected chi connectivity index (χ4v) is 3.28. The second-order valence-electron chi connectivity index (χ2n) is 6.68. The van der Waals surface area contributed by atoms with Crippen LogP contribution < -0.4 is 16.0 Å². The Morgan fingerprint density at radius 3 is 2.63 bits per heavy atom. The Balaban J connectivity index is 1.51. The van der Waals surface area contributed by atoms with Crippen LogP contribution in [0.1, 0.15) is 36.9 Å². The van der Waals surface area contributed by atoms with Crippen molar-refractivity contribution in [3.05, 3.63) is 63.6 Å². The zero-order chi connectivity index (χ0) is 19.4. The first-order chi connectivity index (χ1) is 12.9. The number of hydrogen-bond donors (Lipinski definition) is 3. The van der Waals surface area contributed by atoms with Crippen molar-refractivity contribution in [3.63, 3.8) is 0 Å². The van der Waals surface area contributed by atoms with Crippen molar-refractivity contribution in [1.29, 1.82) is 0 Å². The maximum atomic E-state index is 12.2. The van der Waals surface area contributed by atoms with Gasteiger partial charge in [0.1, 0.15) is 0 Å². The Bertz CT molecular complexity index is 853. The van der Waals surface area contributed by atoms with Gasteiger partial charge in [-0.05, 0) is 55.2 Å². The summed E-state index contributed by atoms with van der Waals surface area (Å²) in [6.07, 6.45) is 1.92. The van der Waals surface area contributed by atoms with Crippen molar-refractivity contribution in [3.8, 4) is 0 Å². The van der Waals surface area contributed by atoms with Gasteiger partial charge in [-0.15, -0.1) is 0 Å². The molecule has 2 aromatic rings. The quantitative estimate of drug-likeness (QED) is 0.639. The van der Waals surface area contributed by atoms with Gasteiger partial charge in [0.15, 0.2) is 0 Å². The van der Waals surface area contributed by atoms with Crippen molar-refractivity contribution >= 4 is 40.8 Å². The molecular formula is C20H21Cl2N3O2. The summed E-state index contributed by atoms with van der Waals surface area (Å²) in [4.78, 5) is 24.0. The van der Waals surface area contributed by atoms with Crippen LogP contribution in [0.5, 0.6) is 0 Å². The first-order valence-electron chi connectivity index (χ1n) is 8.81. The monoisotopic (exact) mass is 405 g/mol. The predicted octanol–water partition coefficient (Wildman–Crippen LogP) is 4.90. The van der Waals surface area contributed by atoms with Crippen LogP contribution in [0.25, 0.3) is 0 Å². The van der Waals surface area contributed by atoms with Crippen LogP contribution in [0, 0.1) is 5.92 Å². The van der Waals surface area contributed by atoms with Crippen molar-refractivity contribution in [2.75, 3.05) is 5.32 Å². The first kappa shape index (κ1) is 19.5. The molecule has 1 aliphatic carbocycles. The highest BCUT2D eigenvalue weighted by Crippen LogP contribution is 2.30. The zero-order valence-corrected chi connectivity index (χ0v) is 16.4. The van der Waals surface area contributed by atoms with E-state index in [0.717, 1.165) is 29.7 Å². The van der Waals surface area contributed by atoms with Gasteiger partial charge < -0.3 is 16.0 Å². The summed E-state index contributed by atoms with van der Waals surface area (Å²) >= 11 is 12.1. The highest BCUT2D eigenvalue weighted by atomic mass is 35.5. The number of carbonyl (C=O) groups is 2. The first-order valence-corrected chi connectivity index (χ1v) is 9.57. The zero-order valence-electron chi connectivity index (χ0n) is 14.9. The molecule has 0 radical (unpaired) electrons. The van der Waals surface area contributed by atoms with E-state index in [0.29, 0.717) is 16.6 Å². The van der Waals surface area contributed by atoms with Crippen LogP contribution in [-0.4, -0.2) is 11.9 Å². The molecule has 0 heterocycles. The summed E-state index contributed by atoms with van der Waals surface area (Å²) in [5.74, 6) is 0.213. The molecule has 142 valence electrons. The molecule has 3 N–H and O–H groups in total. The normalized spacial score (nSPS) is 14.3. The summed E-state index contributed by atoms with van der Waals surface area (Å²) in [6, 6.07) is 12.1. The summed E-state index contributed by atoms with van der Waals surface area (Å²) in [5.41, 5.74) is 2.44. The second-order valence-corrected chi connectivity index (χ2v) is 7.52. The topological polar surface area (TPSA) is 70.2 Å². The Hall–Kier alpha value is -2.24. The molecule has 0 saturated heterocycles. The number of benzene rings is 2. The summed E-state index contributed by atoms with van der Waals surface area (Å²) < 4.78 is 0. The lowest BCUT2D eigenvalue weighted by atomic mass is 10.1. The third kappa shape index (κ3) is 5.62. The van der Waals surface area contributed by atoms with E-state index < -0.39 is 0 Å². The van der Waals surface area contributed by atoms with E-state index >= 15 is 0 Å². The Morgan fingerprint density at radius 1 is 1.15 bits per heavy atom. The van der Waals surface area contributed by atoms with Crippen LogP contribution in [0.4, 0.5) is 10.5 Å². The standard InChI is InChI=1S/C20H21Cl2N3O2/c1-12(17-8-7-15(21)10-18(17)22)24-20(27)23-11-13-3-2-4-16(9-13)25-19(26)14-5-6-14/h2-4,7-10,12,14H,5-6,11H2,1H3,(H,25,26)(H2,23,24,27)/t12-/m1/s1. The molecule has 0 spiro atoms. The predicted molar refractivity (Wildman–Crippen MR) is 108 cm³/mol. The Kier molecular flexibility index (Phi) is 6.24. The largest absolute Gasteiger partial charge is 0.334 e. The fraction of sp³-hybridized carbons (Fsp3) is 0.300. The number of anilines is 1. The molecule has 1 aliphatic rings. The number of rotatable bonds is 6. The molecule has 1 fully saturated rings. The highest BCUT2D eigenvalue weighted by Gasteiger charge is 2.29. The summed E-state index contributed by atoms with van der Waals surface area (Å²) in [7, 11) is 0. The third-order valence-corrected chi connectivity index (χ3v) is 4.93. The molecule has 7 heteroatoms. The second kappa shape index (κ2) is 8.63. The highest BCUT2D eigenvalue weighted by molar-refractivity contribution is 6.35. The van der Waals surface area contributed by atoms with E-state index in [9.17, 15) is 9.59 Å². The molecule has 27 heavy (non-hydrogen) atoms. The fourth-order valence-electron chi connectivity index (χ4n) is 2.71. The lowest BCUT2D eigenvalue weighted by Gasteiger charge is -2.16. The average molecular weight is 406 g/mol. The minimum absolute atomic E-state index is 0.0616. The lowest BCUT2D eigenvalue weighted by molar-refractivity contribution is -0.117. The third-order valence-electron chi connectivity index (χ3n) is 4.37. The van der Waals surface area contributed by atoms with Crippen LogP contribution in [0.2, 0.25) is 10.0 Å². The van der Waals surface area contributed by atoms with Gasteiger partial charge >= 0.3 is 6.03 Å². The maximum absolute atomic E-state index is 12.2. The molecule has 3 rings (SSSR count). The number of nitrogens with one attached hydrogen (secondary N) is 3. The van der Waals surface area contributed by atoms with Gasteiger partial charge in [-0.3, -0.25) is 4.79 Å². The number of urea groups is 1. The van der Waals surface area contributed by atoms with Gasteiger partial charge in [-0.2, -0.15) is 0 Å². The van der Waals surface area contributed by atoms with Crippen molar-refractivity contribution in [2.24, 2.45) is 5.92 Å². The average Bonchev–Trinajstić information content (AvgIpc) is 3.45. The maximum Gasteiger partial charge on any atom is 0.315 e. The number of amides is 3. The van der Waals surface area contributed by atoms with Gasteiger partial charge in [0.05, 0.1) is 6.04 Å². The van der Waals surface area contributed by atoms with Gasteiger partial charge in [0.2, 0.25) is 5.91 Å². The minimum Gasteiger partial charge on any atom is -0.334 e. The van der Waals surface area contributed by atoms with Crippen molar-refractivity contribution in [1.82, 2.24) is 10.6 Å². The van der Waals surface area contributed by atoms with Crippen LogP contribution in [-0.2, 0) is 11.3 Å². The van der Waals surface area contributed by atoms with E-state index in [1.54, 1.807) is 18.2 Å². The molecule has 0 unspecified atom stereocenters. The van der Waals surface area contributed by atoms with Gasteiger partial charge in [-0.25, -0.2) is 4.79 Å². The number of carbonyl (C=O) groups excluding carboxylic acids is 2. The molecular weight excluding hydrogens is 385 g/mol. The number of hydrogen-bond acceptors (Lipinski definition) is 2. The van der Waals surface area contributed by atoms with Crippen molar-refractivity contribution < 1.29 is 9.59 Å². The Labute approximate surface area is 168 Å². The van der Waals surface area contributed by atoms with Crippen LogP contribution in [0.3, 0.4) is 0 Å². The van der Waals surface area contributed by atoms with E-state index in [2.05, 4.69) is 16.0 Å². The van der Waals surface area contributed by atoms with E-state index in [4.69, 9.17) is 23.2 Å². The summed E-state index contributed by atoms with van der Waals surface area (Å²) in [6.45, 7) is 2.20. The molecule has 1 saturated carbocycles. The number of halogens is 2. The van der Waals surface area contributed by atoms with E-state index in [1.807, 2.05) is 31.2 Å². The molecule has 0 aliphatic heterocycles. The smallest absolute Gasteiger partial charge is 0.315 e. The van der Waals surface area contributed by atoms with Gasteiger partial charge in [0, 0.05) is 28.2 Å². The molecule has 0 aromatic heterocycles. The molecule has 0 bridgehead atoms. The molecule has 5 nitrogen and oxygen atoms in total. The SMILES string of the molecule is C[C@@H](NC(=O)NCc1cccc(NC(=O)C2CC2)c1)c1ccc(Cl)cc1Cl. The Morgan fingerprint density at radius 2 is 1.93 bits per heavy atom.